The molecule has 1 atom stereocenters. The van der Waals surface area contributed by atoms with Crippen LogP contribution in [0.4, 0.5) is 13.6 Å². The van der Waals surface area contributed by atoms with Crippen molar-refractivity contribution < 1.29 is 27.8 Å². The number of benzene rings is 1. The maximum absolute atomic E-state index is 14.2. The van der Waals surface area contributed by atoms with E-state index < -0.39 is 39.8 Å². The van der Waals surface area contributed by atoms with Crippen LogP contribution in [-0.4, -0.2) is 43.4 Å². The van der Waals surface area contributed by atoms with Crippen molar-refractivity contribution in [3.05, 3.63) is 32.9 Å². The van der Waals surface area contributed by atoms with Gasteiger partial charge in [0, 0.05) is 16.2 Å². The number of hydrogen-bond donors (Lipinski definition) is 4. The van der Waals surface area contributed by atoms with Gasteiger partial charge in [0.15, 0.2) is 11.6 Å². The van der Waals surface area contributed by atoms with Gasteiger partial charge in [0.05, 0.1) is 5.75 Å². The van der Waals surface area contributed by atoms with Crippen molar-refractivity contribution in [3.63, 3.8) is 0 Å². The fraction of sp³-hybridized carbons (Fsp3) is 0.333. The van der Waals surface area contributed by atoms with Crippen LogP contribution in [0.15, 0.2) is 17.1 Å². The Morgan fingerprint density at radius 3 is 2.65 bits per heavy atom. The Bertz CT molecular complexity index is 703. The Kier molecular flexibility index (Phi) is 4.76. The molecule has 11 heteroatoms. The van der Waals surface area contributed by atoms with E-state index in [4.69, 9.17) is 5.11 Å². The maximum atomic E-state index is 14.2. The first-order valence-electron chi connectivity index (χ1n) is 6.21. The second kappa shape index (κ2) is 6.03. The molecule has 0 saturated heterocycles. The van der Waals surface area contributed by atoms with Gasteiger partial charge in [-0.2, -0.15) is 0 Å². The molecule has 0 saturated carbocycles. The van der Waals surface area contributed by atoms with E-state index >= 15 is 0 Å². The van der Waals surface area contributed by atoms with E-state index in [1.54, 1.807) is 22.6 Å². The molecular weight excluding hydrogens is 447 g/mol. The molecule has 7 nitrogen and oxygen atoms in total. The molecule has 0 aliphatic carbocycles. The summed E-state index contributed by atoms with van der Waals surface area (Å²) in [7, 11) is -2.22. The number of nitrogens with zero attached hydrogens (tertiary/aromatic N) is 2. The van der Waals surface area contributed by atoms with Crippen LogP contribution in [0.1, 0.15) is 12.5 Å². The number of hydrogen-bond acceptors (Lipinski definition) is 5. The number of carboxylic acid groups (broad SMARTS) is 1. The monoisotopic (exact) mass is 461 g/mol. The van der Waals surface area contributed by atoms with E-state index in [2.05, 4.69) is 4.99 Å². The third-order valence-electron chi connectivity index (χ3n) is 3.36. The molecule has 2 rings (SSSR count). The summed E-state index contributed by atoms with van der Waals surface area (Å²) in [5.74, 6) is -3.01. The highest BCUT2D eigenvalue weighted by atomic mass is 127. The van der Waals surface area contributed by atoms with Gasteiger partial charge in [-0.15, -0.1) is 10.8 Å². The summed E-state index contributed by atoms with van der Waals surface area (Å²) in [6.07, 6.45) is -1.47. The standard InChI is InChI=1S/C12H14F2IN3O4S/c1-12(7-3-6(15)4-8(13)9(7)14)5-23(21,22)18(2)10(17-12)16-11(19)20/h3-4,21-22H,5H2,1-2H3,(H,16,17)(H,19,20). The Labute approximate surface area is 146 Å². The highest BCUT2D eigenvalue weighted by Crippen LogP contribution is 2.52. The van der Waals surface area contributed by atoms with E-state index in [1.165, 1.54) is 20.0 Å². The third-order valence-corrected chi connectivity index (χ3v) is 5.98. The van der Waals surface area contributed by atoms with Crippen LogP contribution in [-0.2, 0) is 5.54 Å². The van der Waals surface area contributed by atoms with Gasteiger partial charge in [0.2, 0.25) is 5.96 Å². The number of rotatable bonds is 1. The van der Waals surface area contributed by atoms with E-state index in [0.29, 0.717) is 3.57 Å². The van der Waals surface area contributed by atoms with E-state index in [-0.39, 0.29) is 11.5 Å². The molecule has 1 aromatic rings. The normalized spacial score (nSPS) is 24.8. The summed E-state index contributed by atoms with van der Waals surface area (Å²) in [6, 6.07) is 2.33. The van der Waals surface area contributed by atoms with Gasteiger partial charge in [-0.25, -0.2) is 22.9 Å². The van der Waals surface area contributed by atoms with Crippen molar-refractivity contribution in [2.45, 2.75) is 12.5 Å². The lowest BCUT2D eigenvalue weighted by Gasteiger charge is -2.49. The minimum absolute atomic E-state index is 0.181. The molecule has 128 valence electrons. The van der Waals surface area contributed by atoms with Gasteiger partial charge in [0.1, 0.15) is 5.54 Å². The summed E-state index contributed by atoms with van der Waals surface area (Å²) >= 11 is 1.80. The lowest BCUT2D eigenvalue weighted by Crippen LogP contribution is -2.51. The highest BCUT2D eigenvalue weighted by molar-refractivity contribution is 14.1. The number of aliphatic imine (C=N–C) groups is 1. The number of nitrogens with one attached hydrogen (secondary N) is 1. The number of guanidine groups is 1. The Morgan fingerprint density at radius 2 is 2.09 bits per heavy atom. The summed E-state index contributed by atoms with van der Waals surface area (Å²) in [5.41, 5.74) is -1.73. The van der Waals surface area contributed by atoms with Crippen molar-refractivity contribution in [1.29, 1.82) is 0 Å². The molecule has 1 aliphatic heterocycles. The van der Waals surface area contributed by atoms with Crippen molar-refractivity contribution in [1.82, 2.24) is 9.62 Å². The zero-order valence-corrected chi connectivity index (χ0v) is 15.0. The first kappa shape index (κ1) is 18.2. The minimum Gasteiger partial charge on any atom is -0.465 e. The first-order valence-corrected chi connectivity index (χ1v) is 8.96. The van der Waals surface area contributed by atoms with Gasteiger partial charge in [0.25, 0.3) is 0 Å². The van der Waals surface area contributed by atoms with Gasteiger partial charge in [-0.1, -0.05) is 0 Å². The van der Waals surface area contributed by atoms with Crippen LogP contribution >= 0.6 is 33.4 Å². The second-order valence-corrected chi connectivity index (χ2v) is 8.51. The average Bonchev–Trinajstić information content (AvgIpc) is 2.38. The maximum Gasteiger partial charge on any atom is 0.411 e. The van der Waals surface area contributed by atoms with Crippen LogP contribution in [0.25, 0.3) is 0 Å². The molecule has 1 aliphatic rings. The quantitative estimate of drug-likeness (QED) is 0.380. The first-order chi connectivity index (χ1) is 10.5. The van der Waals surface area contributed by atoms with Crippen LogP contribution in [0, 0.1) is 15.2 Å². The summed E-state index contributed by atoms with van der Waals surface area (Å²) in [4.78, 5) is 14.9. The lowest BCUT2D eigenvalue weighted by atomic mass is 9.94. The third kappa shape index (κ3) is 3.51. The average molecular weight is 461 g/mol. The predicted octanol–water partition coefficient (Wildman–Crippen LogP) is 3.02. The van der Waals surface area contributed by atoms with Crippen LogP contribution in [0.3, 0.4) is 0 Å². The molecule has 1 unspecified atom stereocenters. The van der Waals surface area contributed by atoms with Crippen LogP contribution in [0.5, 0.6) is 0 Å². The predicted molar refractivity (Wildman–Crippen MR) is 90.5 cm³/mol. The SMILES string of the molecule is CN1C(NC(=O)O)=NC(C)(c2cc(I)cc(F)c2F)CS1(O)O. The Morgan fingerprint density at radius 1 is 1.48 bits per heavy atom. The van der Waals surface area contributed by atoms with Crippen LogP contribution < -0.4 is 5.32 Å². The van der Waals surface area contributed by atoms with E-state index in [0.717, 1.165) is 10.4 Å². The Hall–Kier alpha value is -1.18. The molecule has 0 fully saturated rings. The fourth-order valence-corrected chi connectivity index (χ4v) is 4.35. The van der Waals surface area contributed by atoms with Gasteiger partial charge in [-0.3, -0.25) is 14.4 Å². The molecule has 4 N–H and O–H groups in total. The molecule has 23 heavy (non-hydrogen) atoms. The fourth-order valence-electron chi connectivity index (χ4n) is 2.24. The van der Waals surface area contributed by atoms with Gasteiger partial charge in [-0.05, 0) is 41.6 Å². The summed E-state index contributed by atoms with van der Waals surface area (Å²) in [5, 5.41) is 10.8. The largest absolute Gasteiger partial charge is 0.465 e. The van der Waals surface area contributed by atoms with E-state index in [1.807, 2.05) is 5.32 Å². The zero-order valence-electron chi connectivity index (χ0n) is 12.0. The molecule has 0 radical (unpaired) electrons. The molecule has 0 aromatic heterocycles. The number of halogens is 3. The Balaban J connectivity index is 2.63. The minimum atomic E-state index is -3.47. The van der Waals surface area contributed by atoms with Crippen LogP contribution in [0.2, 0.25) is 0 Å². The van der Waals surface area contributed by atoms with Crippen molar-refractivity contribution >= 4 is 45.4 Å². The van der Waals surface area contributed by atoms with Gasteiger partial charge < -0.3 is 5.11 Å². The molecule has 1 amide bonds. The summed E-state index contributed by atoms with van der Waals surface area (Å²) < 4.78 is 49.5. The lowest BCUT2D eigenvalue weighted by molar-refractivity contribution is 0.199. The summed E-state index contributed by atoms with van der Waals surface area (Å²) in [6.45, 7) is 1.38. The molecule has 1 heterocycles. The number of carbonyl (C=O) groups is 1. The number of amides is 1. The highest BCUT2D eigenvalue weighted by Gasteiger charge is 2.43. The van der Waals surface area contributed by atoms with Gasteiger partial charge >= 0.3 is 6.09 Å². The van der Waals surface area contributed by atoms with Crippen molar-refractivity contribution in [3.8, 4) is 0 Å². The topological polar surface area (TPSA) is 105 Å². The van der Waals surface area contributed by atoms with Crippen molar-refractivity contribution in [2.24, 2.45) is 4.99 Å². The van der Waals surface area contributed by atoms with E-state index in [9.17, 15) is 22.7 Å². The molecule has 0 bridgehead atoms. The second-order valence-electron chi connectivity index (χ2n) is 5.16. The smallest absolute Gasteiger partial charge is 0.411 e. The molecule has 0 spiro atoms. The zero-order chi connectivity index (χ0) is 17.6. The molecular formula is C12H14F2IN3O4S. The van der Waals surface area contributed by atoms with Crippen molar-refractivity contribution in [2.75, 3.05) is 12.8 Å². The molecule has 1 aromatic carbocycles.